The summed E-state index contributed by atoms with van der Waals surface area (Å²) in [5.74, 6) is 2.57. The molecule has 1 aromatic carbocycles. The number of halogens is 1. The first kappa shape index (κ1) is 23.9. The van der Waals surface area contributed by atoms with Crippen LogP contribution in [0, 0.1) is 0 Å². The first-order valence-electron chi connectivity index (χ1n) is 9.23. The molecule has 3 N–H and O–H groups in total. The fourth-order valence-corrected chi connectivity index (χ4v) is 2.59. The van der Waals surface area contributed by atoms with Crippen molar-refractivity contribution in [2.75, 3.05) is 38.2 Å². The smallest absolute Gasteiger partial charge is 0.258 e. The van der Waals surface area contributed by atoms with Crippen LogP contribution in [0.1, 0.15) is 25.3 Å². The summed E-state index contributed by atoms with van der Waals surface area (Å²) < 4.78 is 5.52. The average Bonchev–Trinajstić information content (AvgIpc) is 3.45. The van der Waals surface area contributed by atoms with Crippen LogP contribution >= 0.6 is 35.7 Å². The van der Waals surface area contributed by atoms with Crippen molar-refractivity contribution < 1.29 is 9.53 Å². The maximum absolute atomic E-state index is 11.6. The highest BCUT2D eigenvalue weighted by Crippen LogP contribution is 2.18. The minimum absolute atomic E-state index is 0. The summed E-state index contributed by atoms with van der Waals surface area (Å²) in [5.41, 5.74) is 1.22. The number of aliphatic imine (C=N–C) groups is 1. The van der Waals surface area contributed by atoms with Crippen molar-refractivity contribution in [2.24, 2.45) is 4.99 Å². The molecule has 0 unspecified atom stereocenters. The summed E-state index contributed by atoms with van der Waals surface area (Å²) >= 11 is 1.80. The second kappa shape index (κ2) is 13.9. The molecule has 0 saturated heterocycles. The molecule has 1 fully saturated rings. The molecule has 1 aliphatic carbocycles. The number of rotatable bonds is 11. The highest BCUT2D eigenvalue weighted by Gasteiger charge is 2.23. The molecule has 152 valence electrons. The van der Waals surface area contributed by atoms with Gasteiger partial charge in [0, 0.05) is 24.9 Å². The van der Waals surface area contributed by atoms with Crippen molar-refractivity contribution in [2.45, 2.75) is 32.2 Å². The van der Waals surface area contributed by atoms with Gasteiger partial charge in [-0.25, -0.2) is 0 Å². The Morgan fingerprint density at radius 2 is 2.00 bits per heavy atom. The number of nitrogens with one attached hydrogen (secondary N) is 3. The predicted octanol–water partition coefficient (Wildman–Crippen LogP) is 2.42. The quantitative estimate of drug-likeness (QED) is 0.186. The lowest BCUT2D eigenvalue weighted by molar-refractivity contribution is -0.123. The normalized spacial score (nSPS) is 13.5. The summed E-state index contributed by atoms with van der Waals surface area (Å²) in [6.07, 6.45) is 5.16. The zero-order chi connectivity index (χ0) is 18.6. The number of hydrogen-bond donors (Lipinski definition) is 3. The Labute approximate surface area is 183 Å². The molecule has 0 atom stereocenters. The average molecular weight is 506 g/mol. The summed E-state index contributed by atoms with van der Waals surface area (Å²) in [5, 5.41) is 9.52. The first-order chi connectivity index (χ1) is 12.7. The van der Waals surface area contributed by atoms with Crippen LogP contribution in [-0.2, 0) is 11.2 Å². The number of thioether (sulfide) groups is 1. The van der Waals surface area contributed by atoms with E-state index < -0.39 is 0 Å². The van der Waals surface area contributed by atoms with Gasteiger partial charge in [-0.05, 0) is 50.1 Å². The van der Waals surface area contributed by atoms with Gasteiger partial charge in [-0.3, -0.25) is 9.79 Å². The first-order valence-corrected chi connectivity index (χ1v) is 10.6. The molecule has 0 aromatic heterocycles. The van der Waals surface area contributed by atoms with E-state index in [4.69, 9.17) is 4.74 Å². The third kappa shape index (κ3) is 10.7. The topological polar surface area (TPSA) is 74.8 Å². The molecule has 0 radical (unpaired) electrons. The monoisotopic (exact) mass is 506 g/mol. The third-order valence-corrected chi connectivity index (χ3v) is 4.44. The summed E-state index contributed by atoms with van der Waals surface area (Å²) in [6, 6.07) is 8.27. The number of hydrogen-bond acceptors (Lipinski definition) is 4. The van der Waals surface area contributed by atoms with Gasteiger partial charge in [-0.1, -0.05) is 12.1 Å². The van der Waals surface area contributed by atoms with Gasteiger partial charge in [-0.15, -0.1) is 24.0 Å². The van der Waals surface area contributed by atoms with Gasteiger partial charge in [0.25, 0.3) is 5.91 Å². The molecular weight excluding hydrogens is 475 g/mol. The highest BCUT2D eigenvalue weighted by molar-refractivity contribution is 14.0. The van der Waals surface area contributed by atoms with Crippen LogP contribution in [-0.4, -0.2) is 56.2 Å². The van der Waals surface area contributed by atoms with Crippen molar-refractivity contribution in [1.29, 1.82) is 0 Å². The summed E-state index contributed by atoms with van der Waals surface area (Å²) in [7, 11) is 0. The van der Waals surface area contributed by atoms with Crippen molar-refractivity contribution in [3.63, 3.8) is 0 Å². The van der Waals surface area contributed by atoms with Crippen LogP contribution in [0.4, 0.5) is 0 Å². The van der Waals surface area contributed by atoms with Gasteiger partial charge >= 0.3 is 0 Å². The molecule has 0 bridgehead atoms. The molecule has 1 saturated carbocycles. The molecule has 0 aliphatic heterocycles. The minimum Gasteiger partial charge on any atom is -0.484 e. The Morgan fingerprint density at radius 3 is 2.63 bits per heavy atom. The van der Waals surface area contributed by atoms with Gasteiger partial charge < -0.3 is 20.7 Å². The lowest BCUT2D eigenvalue weighted by Gasteiger charge is -2.11. The van der Waals surface area contributed by atoms with E-state index in [0.29, 0.717) is 6.04 Å². The number of benzene rings is 1. The maximum Gasteiger partial charge on any atom is 0.258 e. The zero-order valence-corrected chi connectivity index (χ0v) is 19.3. The van der Waals surface area contributed by atoms with Gasteiger partial charge in [-0.2, -0.15) is 11.8 Å². The van der Waals surface area contributed by atoms with Crippen LogP contribution in [0.15, 0.2) is 29.3 Å². The Kier molecular flexibility index (Phi) is 12.3. The highest BCUT2D eigenvalue weighted by atomic mass is 127. The summed E-state index contributed by atoms with van der Waals surface area (Å²) in [4.78, 5) is 16.2. The zero-order valence-electron chi connectivity index (χ0n) is 16.1. The number of ether oxygens (including phenoxy) is 1. The Balaban J connectivity index is 0.00000364. The molecule has 0 spiro atoms. The molecule has 27 heavy (non-hydrogen) atoms. The van der Waals surface area contributed by atoms with E-state index in [1.54, 1.807) is 11.8 Å². The largest absolute Gasteiger partial charge is 0.484 e. The standard InChI is InChI=1S/C19H30N4O2S.HI/c1-3-20-19(22-12-13-26-2)21-11-10-15-4-8-17(9-5-15)25-14-18(24)23-16-6-7-16;/h4-5,8-9,16H,3,6-7,10-14H2,1-2H3,(H,23,24)(H2,20,21,22);1H. The molecule has 0 heterocycles. The van der Waals surface area contributed by atoms with Crippen molar-refractivity contribution in [3.05, 3.63) is 29.8 Å². The second-order valence-corrected chi connectivity index (χ2v) is 7.19. The molecular formula is C19H31IN4O2S. The maximum atomic E-state index is 11.6. The molecule has 8 heteroatoms. The number of amides is 1. The number of carbonyl (C=O) groups excluding carboxylic acids is 1. The molecule has 6 nitrogen and oxygen atoms in total. The van der Waals surface area contributed by atoms with E-state index in [-0.39, 0.29) is 36.5 Å². The van der Waals surface area contributed by atoms with E-state index in [0.717, 1.165) is 56.4 Å². The van der Waals surface area contributed by atoms with E-state index >= 15 is 0 Å². The fraction of sp³-hybridized carbons (Fsp3) is 0.579. The van der Waals surface area contributed by atoms with Gasteiger partial charge in [0.05, 0.1) is 6.54 Å². The van der Waals surface area contributed by atoms with E-state index in [2.05, 4.69) is 34.1 Å². The second-order valence-electron chi connectivity index (χ2n) is 6.20. The van der Waals surface area contributed by atoms with Crippen LogP contribution < -0.4 is 20.7 Å². The van der Waals surface area contributed by atoms with E-state index in [9.17, 15) is 4.79 Å². The van der Waals surface area contributed by atoms with Gasteiger partial charge in [0.15, 0.2) is 12.6 Å². The number of carbonyl (C=O) groups is 1. The predicted molar refractivity (Wildman–Crippen MR) is 125 cm³/mol. The van der Waals surface area contributed by atoms with E-state index in [1.807, 2.05) is 24.3 Å². The number of nitrogens with zero attached hydrogens (tertiary/aromatic N) is 1. The number of guanidine groups is 1. The van der Waals surface area contributed by atoms with Gasteiger partial charge in [0.1, 0.15) is 5.75 Å². The lowest BCUT2D eigenvalue weighted by Crippen LogP contribution is -2.38. The van der Waals surface area contributed by atoms with E-state index in [1.165, 1.54) is 5.56 Å². The Bertz CT molecular complexity index is 580. The third-order valence-electron chi connectivity index (χ3n) is 3.85. The molecule has 1 aromatic rings. The fourth-order valence-electron chi connectivity index (χ4n) is 2.31. The minimum atomic E-state index is -0.0440. The molecule has 1 aliphatic rings. The lowest BCUT2D eigenvalue weighted by atomic mass is 10.1. The van der Waals surface area contributed by atoms with Crippen LogP contribution in [0.5, 0.6) is 5.75 Å². The summed E-state index contributed by atoms with van der Waals surface area (Å²) in [6.45, 7) is 4.63. The van der Waals surface area contributed by atoms with Crippen LogP contribution in [0.3, 0.4) is 0 Å². The van der Waals surface area contributed by atoms with Gasteiger partial charge in [0.2, 0.25) is 0 Å². The Morgan fingerprint density at radius 1 is 1.26 bits per heavy atom. The van der Waals surface area contributed by atoms with Crippen molar-refractivity contribution in [3.8, 4) is 5.75 Å². The Hall–Kier alpha value is -1.16. The van der Waals surface area contributed by atoms with Crippen molar-refractivity contribution in [1.82, 2.24) is 16.0 Å². The molecule has 1 amide bonds. The van der Waals surface area contributed by atoms with Crippen LogP contribution in [0.25, 0.3) is 0 Å². The SMILES string of the molecule is CCNC(=NCCSC)NCCc1ccc(OCC(=O)NC2CC2)cc1.I. The molecule has 2 rings (SSSR count). The van der Waals surface area contributed by atoms with Crippen LogP contribution in [0.2, 0.25) is 0 Å². The van der Waals surface area contributed by atoms with Crippen molar-refractivity contribution >= 4 is 47.6 Å².